The van der Waals surface area contributed by atoms with Crippen LogP contribution >= 0.6 is 11.3 Å². The zero-order valence-electron chi connectivity index (χ0n) is 17.4. The molecule has 8 nitrogen and oxygen atoms in total. The van der Waals surface area contributed by atoms with Crippen molar-refractivity contribution in [1.82, 2.24) is 19.5 Å². The van der Waals surface area contributed by atoms with Crippen LogP contribution in [-0.2, 0) is 0 Å². The van der Waals surface area contributed by atoms with Gasteiger partial charge in [0.15, 0.2) is 0 Å². The molecular weight excluding hydrogens is 412 g/mol. The number of hydrogen-bond acceptors (Lipinski definition) is 7. The van der Waals surface area contributed by atoms with Gasteiger partial charge in [0.1, 0.15) is 5.56 Å². The first-order valence-corrected chi connectivity index (χ1v) is 11.8. The second kappa shape index (κ2) is 8.66. The van der Waals surface area contributed by atoms with E-state index in [0.717, 1.165) is 49.8 Å². The molecule has 1 aromatic carbocycles. The van der Waals surface area contributed by atoms with Gasteiger partial charge in [0.05, 0.1) is 0 Å². The summed E-state index contributed by atoms with van der Waals surface area (Å²) in [5, 5.41) is 5.34. The summed E-state index contributed by atoms with van der Waals surface area (Å²) in [6.07, 6.45) is 6.16. The summed E-state index contributed by atoms with van der Waals surface area (Å²) in [7, 11) is 0. The Morgan fingerprint density at radius 1 is 0.871 bits per heavy atom. The van der Waals surface area contributed by atoms with Crippen LogP contribution in [0.3, 0.4) is 0 Å². The molecule has 3 aromatic rings. The third-order valence-corrected chi connectivity index (χ3v) is 7.05. The van der Waals surface area contributed by atoms with Crippen LogP contribution in [0.1, 0.15) is 36.0 Å². The number of fused-ring (bicyclic) bond motifs is 1. The molecule has 2 aromatic heterocycles. The number of piperazine rings is 1. The molecule has 1 amide bonds. The van der Waals surface area contributed by atoms with Crippen molar-refractivity contribution in [2.75, 3.05) is 49.1 Å². The van der Waals surface area contributed by atoms with Gasteiger partial charge in [-0.15, -0.1) is 5.10 Å². The molecule has 0 saturated carbocycles. The predicted octanol–water partition coefficient (Wildman–Crippen LogP) is 2.49. The minimum absolute atomic E-state index is 0.0957. The quantitative estimate of drug-likeness (QED) is 0.626. The molecule has 31 heavy (non-hydrogen) atoms. The lowest BCUT2D eigenvalue weighted by molar-refractivity contribution is 0.0744. The number of carbonyl (C=O) groups is 1. The van der Waals surface area contributed by atoms with Crippen molar-refractivity contribution in [1.29, 1.82) is 0 Å². The number of aromatic nitrogens is 3. The lowest BCUT2D eigenvalue weighted by Gasteiger charge is -2.36. The van der Waals surface area contributed by atoms with Gasteiger partial charge in [-0.1, -0.05) is 42.4 Å². The highest BCUT2D eigenvalue weighted by atomic mass is 32.1. The van der Waals surface area contributed by atoms with E-state index in [9.17, 15) is 9.59 Å². The molecule has 0 aliphatic carbocycles. The highest BCUT2D eigenvalue weighted by Crippen LogP contribution is 2.24. The molecule has 5 rings (SSSR count). The van der Waals surface area contributed by atoms with Gasteiger partial charge in [-0.2, -0.15) is 4.52 Å². The fraction of sp³-hybridized carbons (Fsp3) is 0.455. The Kier molecular flexibility index (Phi) is 5.59. The van der Waals surface area contributed by atoms with Crippen molar-refractivity contribution in [2.45, 2.75) is 25.7 Å². The maximum atomic E-state index is 13.1. The molecule has 4 heterocycles. The van der Waals surface area contributed by atoms with Gasteiger partial charge in [0.25, 0.3) is 11.5 Å². The molecule has 0 radical (unpaired) electrons. The number of nitrogens with zero attached hydrogens (tertiary/aromatic N) is 6. The van der Waals surface area contributed by atoms with E-state index in [0.29, 0.717) is 18.1 Å². The number of rotatable bonds is 3. The second-order valence-corrected chi connectivity index (χ2v) is 9.01. The van der Waals surface area contributed by atoms with Crippen molar-refractivity contribution in [2.24, 2.45) is 0 Å². The average molecular weight is 439 g/mol. The summed E-state index contributed by atoms with van der Waals surface area (Å²) in [5.74, 6) is -0.260. The molecule has 2 fully saturated rings. The highest BCUT2D eigenvalue weighted by molar-refractivity contribution is 7.20. The third kappa shape index (κ3) is 4.01. The van der Waals surface area contributed by atoms with E-state index in [1.54, 1.807) is 4.90 Å². The molecule has 162 valence electrons. The van der Waals surface area contributed by atoms with Crippen molar-refractivity contribution in [3.05, 3.63) is 52.4 Å². The molecule has 2 saturated heterocycles. The first-order chi connectivity index (χ1) is 15.2. The molecular formula is C22H26N6O2S. The number of carbonyl (C=O) groups excluding carboxylic acids is 1. The molecule has 0 unspecified atom stereocenters. The van der Waals surface area contributed by atoms with Gasteiger partial charge in [-0.3, -0.25) is 9.59 Å². The summed E-state index contributed by atoms with van der Waals surface area (Å²) < 4.78 is 1.30. The molecule has 0 atom stereocenters. The summed E-state index contributed by atoms with van der Waals surface area (Å²) >= 11 is 1.42. The maximum absolute atomic E-state index is 13.1. The Morgan fingerprint density at radius 3 is 2.29 bits per heavy atom. The van der Waals surface area contributed by atoms with Crippen LogP contribution in [0, 0.1) is 0 Å². The van der Waals surface area contributed by atoms with E-state index in [1.807, 2.05) is 18.2 Å². The monoisotopic (exact) mass is 438 g/mol. The SMILES string of the molecule is O=C(c1cnc2sc(N3CCCCCC3)nn2c1=O)N1CCN(c2ccccc2)CC1. The third-order valence-electron chi connectivity index (χ3n) is 6.07. The van der Waals surface area contributed by atoms with Gasteiger partial charge in [0, 0.05) is 51.2 Å². The van der Waals surface area contributed by atoms with Crippen LogP contribution in [0.25, 0.3) is 4.96 Å². The smallest absolute Gasteiger partial charge is 0.288 e. The van der Waals surface area contributed by atoms with Gasteiger partial charge < -0.3 is 14.7 Å². The lowest BCUT2D eigenvalue weighted by Crippen LogP contribution is -2.49. The molecule has 2 aliphatic heterocycles. The van der Waals surface area contributed by atoms with Crippen molar-refractivity contribution in [3.63, 3.8) is 0 Å². The summed E-state index contributed by atoms with van der Waals surface area (Å²) in [5.41, 5.74) is 0.873. The Balaban J connectivity index is 1.33. The number of para-hydroxylation sites is 1. The van der Waals surface area contributed by atoms with E-state index in [1.165, 1.54) is 34.9 Å². The molecule has 0 bridgehead atoms. The van der Waals surface area contributed by atoms with Crippen LogP contribution in [0.4, 0.5) is 10.8 Å². The first kappa shape index (κ1) is 20.0. The van der Waals surface area contributed by atoms with Crippen molar-refractivity contribution < 1.29 is 4.79 Å². The minimum atomic E-state index is -0.377. The van der Waals surface area contributed by atoms with E-state index in [4.69, 9.17) is 0 Å². The van der Waals surface area contributed by atoms with Crippen LogP contribution in [-0.4, -0.2) is 64.7 Å². The zero-order valence-corrected chi connectivity index (χ0v) is 18.3. The summed E-state index contributed by atoms with van der Waals surface area (Å²) in [6, 6.07) is 10.2. The van der Waals surface area contributed by atoms with Gasteiger partial charge >= 0.3 is 0 Å². The van der Waals surface area contributed by atoms with Gasteiger partial charge in [0.2, 0.25) is 10.1 Å². The molecule has 2 aliphatic rings. The van der Waals surface area contributed by atoms with Gasteiger partial charge in [-0.25, -0.2) is 4.98 Å². The summed E-state index contributed by atoms with van der Waals surface area (Å²) in [4.78, 5) is 37.3. The first-order valence-electron chi connectivity index (χ1n) is 10.9. The number of hydrogen-bond donors (Lipinski definition) is 0. The zero-order chi connectivity index (χ0) is 21.2. The van der Waals surface area contributed by atoms with E-state index < -0.39 is 0 Å². The Morgan fingerprint density at radius 2 is 1.58 bits per heavy atom. The van der Waals surface area contributed by atoms with Crippen molar-refractivity contribution >= 4 is 33.0 Å². The molecule has 0 spiro atoms. The second-order valence-electron chi connectivity index (χ2n) is 8.07. The van der Waals surface area contributed by atoms with Crippen LogP contribution < -0.4 is 15.4 Å². The van der Waals surface area contributed by atoms with E-state index in [-0.39, 0.29) is 17.0 Å². The minimum Gasteiger partial charge on any atom is -0.368 e. The van der Waals surface area contributed by atoms with Crippen LogP contribution in [0.5, 0.6) is 0 Å². The van der Waals surface area contributed by atoms with Gasteiger partial charge in [-0.05, 0) is 25.0 Å². The predicted molar refractivity (Wildman–Crippen MR) is 122 cm³/mol. The van der Waals surface area contributed by atoms with Crippen LogP contribution in [0.2, 0.25) is 0 Å². The number of anilines is 2. The fourth-order valence-corrected chi connectivity index (χ4v) is 5.20. The molecule has 0 N–H and O–H groups in total. The molecule has 9 heteroatoms. The maximum Gasteiger partial charge on any atom is 0.288 e. The Bertz CT molecular complexity index is 1110. The average Bonchev–Trinajstić information content (AvgIpc) is 3.07. The topological polar surface area (TPSA) is 74.0 Å². The highest BCUT2D eigenvalue weighted by Gasteiger charge is 2.26. The summed E-state index contributed by atoms with van der Waals surface area (Å²) in [6.45, 7) is 4.53. The number of amides is 1. The van der Waals surface area contributed by atoms with Crippen LogP contribution in [0.15, 0.2) is 41.3 Å². The Hall–Kier alpha value is -2.94. The lowest BCUT2D eigenvalue weighted by atomic mass is 10.2. The fourth-order valence-electron chi connectivity index (χ4n) is 4.29. The normalized spacial score (nSPS) is 17.7. The van der Waals surface area contributed by atoms with Crippen molar-refractivity contribution in [3.8, 4) is 0 Å². The van der Waals surface area contributed by atoms with E-state index >= 15 is 0 Å². The Labute approximate surface area is 184 Å². The standard InChI is InChI=1S/C22H26N6O2S/c29-19(26-14-12-25(13-15-26)17-8-4-3-5-9-17)18-16-23-21-28(20(18)30)24-22(31-21)27-10-6-1-2-7-11-27/h3-5,8-9,16H,1-2,6-7,10-15H2. The largest absolute Gasteiger partial charge is 0.368 e. The number of benzene rings is 1. The van der Waals surface area contributed by atoms with E-state index in [2.05, 4.69) is 32.0 Å².